The lowest BCUT2D eigenvalue weighted by molar-refractivity contribution is 0.0600. The first-order chi connectivity index (χ1) is 12.9. The molecule has 144 valence electrons. The molecular formula is C19H21ClN2O4S. The second-order valence-electron chi connectivity index (χ2n) is 6.42. The average molecular weight is 409 g/mol. The second-order valence-corrected chi connectivity index (χ2v) is 8.57. The number of anilines is 1. The highest BCUT2D eigenvalue weighted by Gasteiger charge is 2.26. The van der Waals surface area contributed by atoms with Crippen molar-refractivity contribution < 1.29 is 17.9 Å². The Kier molecular flexibility index (Phi) is 6.04. The van der Waals surface area contributed by atoms with E-state index in [0.29, 0.717) is 6.54 Å². The highest BCUT2D eigenvalue weighted by Crippen LogP contribution is 2.25. The molecular weight excluding hydrogens is 388 g/mol. The molecule has 1 saturated heterocycles. The van der Waals surface area contributed by atoms with Gasteiger partial charge in [-0.2, -0.15) is 0 Å². The molecule has 0 saturated carbocycles. The number of sulfonamides is 1. The fraction of sp³-hybridized carbons (Fsp3) is 0.316. The van der Waals surface area contributed by atoms with Crippen LogP contribution in [-0.4, -0.2) is 41.1 Å². The zero-order chi connectivity index (χ0) is 19.4. The first-order valence-corrected chi connectivity index (χ1v) is 10.4. The lowest BCUT2D eigenvalue weighted by Gasteiger charge is -2.18. The van der Waals surface area contributed by atoms with E-state index >= 15 is 0 Å². The molecule has 27 heavy (non-hydrogen) atoms. The standard InChI is InChI=1S/C19H21ClN2O4S/c1-26-19(23)15-7-8-18(17(20)11-15)27(24,25)21-12-14-9-10-22(13-14)16-5-3-2-4-6-16/h2-8,11,14,21H,9-10,12-13H2,1H3. The van der Waals surface area contributed by atoms with Gasteiger partial charge in [0.2, 0.25) is 10.0 Å². The summed E-state index contributed by atoms with van der Waals surface area (Å²) in [6.07, 6.45) is 0.909. The maximum atomic E-state index is 12.6. The SMILES string of the molecule is COC(=O)c1ccc(S(=O)(=O)NCC2CCN(c3ccccc3)C2)c(Cl)c1. The molecule has 1 heterocycles. The van der Waals surface area contributed by atoms with Gasteiger partial charge in [0.15, 0.2) is 0 Å². The van der Waals surface area contributed by atoms with E-state index in [-0.39, 0.29) is 21.4 Å². The van der Waals surface area contributed by atoms with Crippen LogP contribution in [0.1, 0.15) is 16.8 Å². The van der Waals surface area contributed by atoms with Crippen LogP contribution in [0, 0.1) is 5.92 Å². The van der Waals surface area contributed by atoms with Crippen LogP contribution in [0.4, 0.5) is 5.69 Å². The zero-order valence-corrected chi connectivity index (χ0v) is 16.5. The summed E-state index contributed by atoms with van der Waals surface area (Å²) in [7, 11) is -2.51. The maximum absolute atomic E-state index is 12.6. The molecule has 6 nitrogen and oxygen atoms in total. The molecule has 1 atom stereocenters. The number of hydrogen-bond donors (Lipinski definition) is 1. The molecule has 2 aromatic rings. The van der Waals surface area contributed by atoms with Gasteiger partial charge >= 0.3 is 5.97 Å². The number of esters is 1. The number of rotatable bonds is 6. The van der Waals surface area contributed by atoms with E-state index in [2.05, 4.69) is 26.5 Å². The van der Waals surface area contributed by atoms with Crippen LogP contribution in [0.5, 0.6) is 0 Å². The van der Waals surface area contributed by atoms with Gasteiger partial charge in [-0.25, -0.2) is 17.9 Å². The Labute approximate surface area is 164 Å². The number of carbonyl (C=O) groups excluding carboxylic acids is 1. The van der Waals surface area contributed by atoms with Crippen molar-refractivity contribution in [2.75, 3.05) is 31.6 Å². The van der Waals surface area contributed by atoms with Gasteiger partial charge in [0.05, 0.1) is 17.7 Å². The van der Waals surface area contributed by atoms with Crippen LogP contribution in [0.25, 0.3) is 0 Å². The Morgan fingerprint density at radius 3 is 2.67 bits per heavy atom. The van der Waals surface area contributed by atoms with E-state index in [1.165, 1.54) is 25.3 Å². The van der Waals surface area contributed by atoms with Gasteiger partial charge in [-0.05, 0) is 42.7 Å². The molecule has 0 radical (unpaired) electrons. The minimum absolute atomic E-state index is 0.0114. The molecule has 1 aliphatic heterocycles. The number of para-hydroxylation sites is 1. The highest BCUT2D eigenvalue weighted by molar-refractivity contribution is 7.89. The molecule has 2 aromatic carbocycles. The fourth-order valence-electron chi connectivity index (χ4n) is 3.14. The summed E-state index contributed by atoms with van der Waals surface area (Å²) in [5, 5.41) is -0.0114. The lowest BCUT2D eigenvalue weighted by Crippen LogP contribution is -2.31. The molecule has 1 fully saturated rings. The summed E-state index contributed by atoms with van der Waals surface area (Å²) < 4.78 is 32.4. The smallest absolute Gasteiger partial charge is 0.337 e. The Balaban J connectivity index is 1.63. The molecule has 0 amide bonds. The van der Waals surface area contributed by atoms with E-state index in [9.17, 15) is 13.2 Å². The summed E-state index contributed by atoms with van der Waals surface area (Å²) in [5.41, 5.74) is 1.35. The number of hydrogen-bond acceptors (Lipinski definition) is 5. The molecule has 1 aliphatic rings. The van der Waals surface area contributed by atoms with Crippen molar-refractivity contribution in [2.45, 2.75) is 11.3 Å². The van der Waals surface area contributed by atoms with Crippen LogP contribution in [0.15, 0.2) is 53.4 Å². The van der Waals surface area contributed by atoms with Crippen LogP contribution in [0.3, 0.4) is 0 Å². The predicted molar refractivity (Wildman–Crippen MR) is 105 cm³/mol. The molecule has 8 heteroatoms. The normalized spacial score (nSPS) is 17.1. The molecule has 1 unspecified atom stereocenters. The third kappa shape index (κ3) is 4.61. The van der Waals surface area contributed by atoms with Gasteiger partial charge in [-0.15, -0.1) is 0 Å². The van der Waals surface area contributed by atoms with Crippen molar-refractivity contribution >= 4 is 33.3 Å². The molecule has 1 N–H and O–H groups in total. The van der Waals surface area contributed by atoms with E-state index in [0.717, 1.165) is 25.2 Å². The number of ether oxygens (including phenoxy) is 1. The van der Waals surface area contributed by atoms with Gasteiger partial charge in [0.25, 0.3) is 0 Å². The lowest BCUT2D eigenvalue weighted by atomic mass is 10.1. The first-order valence-electron chi connectivity index (χ1n) is 8.58. The van der Waals surface area contributed by atoms with E-state index in [1.54, 1.807) is 0 Å². The third-order valence-electron chi connectivity index (χ3n) is 4.61. The largest absolute Gasteiger partial charge is 0.465 e. The number of halogens is 1. The summed E-state index contributed by atoms with van der Waals surface area (Å²) in [6.45, 7) is 2.02. The monoisotopic (exact) mass is 408 g/mol. The number of methoxy groups -OCH3 is 1. The van der Waals surface area contributed by atoms with Gasteiger partial charge in [-0.3, -0.25) is 0 Å². The van der Waals surface area contributed by atoms with E-state index < -0.39 is 16.0 Å². The van der Waals surface area contributed by atoms with Crippen molar-refractivity contribution in [3.63, 3.8) is 0 Å². The quantitative estimate of drug-likeness (QED) is 0.744. The molecule has 0 spiro atoms. The topological polar surface area (TPSA) is 75.7 Å². The minimum atomic E-state index is -3.76. The summed E-state index contributed by atoms with van der Waals surface area (Å²) in [4.78, 5) is 13.7. The number of benzene rings is 2. The maximum Gasteiger partial charge on any atom is 0.337 e. The molecule has 3 rings (SSSR count). The Bertz CT molecular complexity index is 919. The average Bonchev–Trinajstić information content (AvgIpc) is 3.15. The van der Waals surface area contributed by atoms with Crippen LogP contribution < -0.4 is 9.62 Å². The minimum Gasteiger partial charge on any atom is -0.465 e. The predicted octanol–water partition coefficient (Wildman–Crippen LogP) is 2.93. The van der Waals surface area contributed by atoms with Crippen molar-refractivity contribution in [3.8, 4) is 0 Å². The van der Waals surface area contributed by atoms with Gasteiger partial charge in [0.1, 0.15) is 4.90 Å². The summed E-state index contributed by atoms with van der Waals surface area (Å²) in [6, 6.07) is 14.1. The van der Waals surface area contributed by atoms with E-state index in [1.807, 2.05) is 18.2 Å². The third-order valence-corrected chi connectivity index (χ3v) is 6.52. The first kappa shape index (κ1) is 19.7. The Morgan fingerprint density at radius 1 is 1.26 bits per heavy atom. The van der Waals surface area contributed by atoms with Gasteiger partial charge in [-0.1, -0.05) is 29.8 Å². The number of nitrogens with zero attached hydrogens (tertiary/aromatic N) is 1. The second kappa shape index (κ2) is 8.29. The summed E-state index contributed by atoms with van der Waals surface area (Å²) >= 11 is 6.08. The van der Waals surface area contributed by atoms with E-state index in [4.69, 9.17) is 11.6 Å². The van der Waals surface area contributed by atoms with Crippen LogP contribution in [0.2, 0.25) is 5.02 Å². The van der Waals surface area contributed by atoms with Gasteiger partial charge in [0, 0.05) is 25.3 Å². The van der Waals surface area contributed by atoms with Crippen molar-refractivity contribution in [1.29, 1.82) is 0 Å². The fourth-order valence-corrected chi connectivity index (χ4v) is 4.80. The van der Waals surface area contributed by atoms with Crippen LogP contribution >= 0.6 is 11.6 Å². The van der Waals surface area contributed by atoms with Crippen molar-refractivity contribution in [3.05, 3.63) is 59.1 Å². The van der Waals surface area contributed by atoms with Gasteiger partial charge < -0.3 is 9.64 Å². The molecule has 0 aromatic heterocycles. The van der Waals surface area contributed by atoms with Crippen molar-refractivity contribution in [1.82, 2.24) is 4.72 Å². The molecule has 0 aliphatic carbocycles. The van der Waals surface area contributed by atoms with Crippen LogP contribution in [-0.2, 0) is 14.8 Å². The van der Waals surface area contributed by atoms with Crippen molar-refractivity contribution in [2.24, 2.45) is 5.92 Å². The Morgan fingerprint density at radius 2 is 2.00 bits per heavy atom. The molecule has 0 bridgehead atoms. The highest BCUT2D eigenvalue weighted by atomic mass is 35.5. The summed E-state index contributed by atoms with van der Waals surface area (Å²) in [5.74, 6) is -0.353. The zero-order valence-electron chi connectivity index (χ0n) is 14.9. The number of nitrogens with one attached hydrogen (secondary N) is 1. The Hall–Kier alpha value is -2.09. The number of carbonyl (C=O) groups is 1.